The molecular weight excluding hydrogens is 746 g/mol. The van der Waals surface area contributed by atoms with Crippen LogP contribution in [0.1, 0.15) is 88.1 Å². The van der Waals surface area contributed by atoms with E-state index in [1.54, 1.807) is 38.1 Å². The number of carbonyl (C=O) groups is 3. The van der Waals surface area contributed by atoms with Gasteiger partial charge < -0.3 is 26.0 Å². The fraction of sp³-hybridized carbons (Fsp3) is 0.438. The van der Waals surface area contributed by atoms with Gasteiger partial charge in [0, 0.05) is 68.9 Å². The van der Waals surface area contributed by atoms with E-state index in [-0.39, 0.29) is 23.8 Å². The van der Waals surface area contributed by atoms with Gasteiger partial charge in [-0.05, 0) is 107 Å². The molecule has 9 nitrogen and oxygen atoms in total. The molecule has 2 aromatic rings. The first-order valence-electron chi connectivity index (χ1n) is 20.9. The van der Waals surface area contributed by atoms with Crippen LogP contribution >= 0.6 is 11.6 Å². The molecule has 0 radical (unpaired) electrons. The van der Waals surface area contributed by atoms with Crippen LogP contribution in [0.5, 0.6) is 5.75 Å². The summed E-state index contributed by atoms with van der Waals surface area (Å²) in [6.07, 6.45) is 33.6. The van der Waals surface area contributed by atoms with Crippen molar-refractivity contribution in [1.29, 1.82) is 0 Å². The van der Waals surface area contributed by atoms with Crippen molar-refractivity contribution in [3.63, 3.8) is 0 Å². The van der Waals surface area contributed by atoms with Crippen LogP contribution in [-0.2, 0) is 16.0 Å². The maximum Gasteiger partial charge on any atom is 0.263 e. The van der Waals surface area contributed by atoms with Crippen LogP contribution in [-0.4, -0.2) is 80.1 Å². The van der Waals surface area contributed by atoms with Crippen LogP contribution in [0.3, 0.4) is 0 Å². The van der Waals surface area contributed by atoms with Crippen molar-refractivity contribution in [3.05, 3.63) is 138 Å². The van der Waals surface area contributed by atoms with Gasteiger partial charge >= 0.3 is 0 Å². The molecule has 1 saturated heterocycles. The maximum atomic E-state index is 13.4. The molecule has 1 aliphatic heterocycles. The number of allylic oxidation sites excluding steroid dienone is 12. The first-order valence-corrected chi connectivity index (χ1v) is 21.3. The summed E-state index contributed by atoms with van der Waals surface area (Å²) in [6.45, 7) is 10.4. The Morgan fingerprint density at radius 3 is 1.84 bits per heavy atom. The monoisotopic (exact) mass is 811 g/mol. The molecule has 1 aliphatic rings. The molecule has 0 spiro atoms. The van der Waals surface area contributed by atoms with Crippen molar-refractivity contribution in [2.24, 2.45) is 0 Å². The lowest BCUT2D eigenvalue weighted by Crippen LogP contribution is -2.57. The van der Waals surface area contributed by atoms with Gasteiger partial charge in [0.2, 0.25) is 5.91 Å². The summed E-state index contributed by atoms with van der Waals surface area (Å²) in [7, 11) is 0. The van der Waals surface area contributed by atoms with Gasteiger partial charge in [0.25, 0.3) is 11.8 Å². The van der Waals surface area contributed by atoms with Gasteiger partial charge in [0.1, 0.15) is 5.75 Å². The number of halogens is 1. The Kier molecular flexibility index (Phi) is 23.6. The second-order valence-corrected chi connectivity index (χ2v) is 15.1. The molecule has 0 bridgehead atoms. The number of hydrogen-bond donors (Lipinski definition) is 4. The highest BCUT2D eigenvalue weighted by Crippen LogP contribution is 2.20. The lowest BCUT2D eigenvalue weighted by atomic mass is 10.1. The first kappa shape index (κ1) is 47.7. The van der Waals surface area contributed by atoms with Crippen LogP contribution in [0.15, 0.2) is 121 Å². The number of nitrogens with one attached hydrogen (secondary N) is 4. The second-order valence-electron chi connectivity index (χ2n) is 14.7. The number of ether oxygens (including phenoxy) is 1. The zero-order valence-corrected chi connectivity index (χ0v) is 35.7. The predicted molar refractivity (Wildman–Crippen MR) is 240 cm³/mol. The summed E-state index contributed by atoms with van der Waals surface area (Å²) >= 11 is 5.91. The topological polar surface area (TPSA) is 112 Å². The minimum absolute atomic E-state index is 0.00189. The number of hydrogen-bond acceptors (Lipinski definition) is 6. The summed E-state index contributed by atoms with van der Waals surface area (Å²) < 4.78 is 6.13. The lowest BCUT2D eigenvalue weighted by Gasteiger charge is -2.36. The molecule has 2 aromatic carbocycles. The third-order valence-corrected chi connectivity index (χ3v) is 9.74. The number of benzene rings is 2. The second kappa shape index (κ2) is 28.7. The van der Waals surface area contributed by atoms with E-state index < -0.39 is 5.60 Å². The molecule has 1 unspecified atom stereocenters. The molecule has 314 valence electrons. The van der Waals surface area contributed by atoms with Crippen LogP contribution in [0.4, 0.5) is 0 Å². The third kappa shape index (κ3) is 20.6. The Balaban J connectivity index is 1.33. The Bertz CT molecular complexity index is 1670. The highest BCUT2D eigenvalue weighted by atomic mass is 35.5. The summed E-state index contributed by atoms with van der Waals surface area (Å²) in [4.78, 5) is 40.8. The SMILES string of the molecule is CC/C=C\C/C=C\C/C=C\C/C=C\C/C=C\C/C=C\CCC(=O)NCC(CNC(=O)C(C)(C)Oc1ccc(CCNC(=O)c2ccc(Cl)cc2)cc1)N1CCNCC1. The molecule has 58 heavy (non-hydrogen) atoms. The number of piperazine rings is 1. The molecule has 0 saturated carbocycles. The smallest absolute Gasteiger partial charge is 0.263 e. The van der Waals surface area contributed by atoms with Crippen molar-refractivity contribution >= 4 is 29.3 Å². The molecule has 3 rings (SSSR count). The highest BCUT2D eigenvalue weighted by molar-refractivity contribution is 6.30. The Labute approximate surface area is 352 Å². The van der Waals surface area contributed by atoms with Crippen molar-refractivity contribution in [3.8, 4) is 5.75 Å². The zero-order valence-electron chi connectivity index (χ0n) is 34.9. The van der Waals surface area contributed by atoms with Gasteiger partial charge in [0.05, 0.1) is 0 Å². The fourth-order valence-electron chi connectivity index (χ4n) is 6.06. The lowest BCUT2D eigenvalue weighted by molar-refractivity contribution is -0.134. The van der Waals surface area contributed by atoms with Crippen LogP contribution in [0, 0.1) is 0 Å². The van der Waals surface area contributed by atoms with E-state index in [4.69, 9.17) is 16.3 Å². The Morgan fingerprint density at radius 2 is 1.28 bits per heavy atom. The normalized spacial score (nSPS) is 14.7. The minimum atomic E-state index is -1.12. The van der Waals surface area contributed by atoms with E-state index in [1.807, 2.05) is 24.3 Å². The maximum absolute atomic E-state index is 13.4. The predicted octanol–water partition coefficient (Wildman–Crippen LogP) is 8.45. The van der Waals surface area contributed by atoms with E-state index in [9.17, 15) is 14.4 Å². The van der Waals surface area contributed by atoms with E-state index in [1.165, 1.54) is 0 Å². The fourth-order valence-corrected chi connectivity index (χ4v) is 6.19. The number of carbonyl (C=O) groups excluding carboxylic acids is 3. The van der Waals surface area contributed by atoms with Crippen LogP contribution in [0.2, 0.25) is 5.02 Å². The van der Waals surface area contributed by atoms with Crippen LogP contribution < -0.4 is 26.0 Å². The molecule has 1 atom stereocenters. The molecule has 4 N–H and O–H groups in total. The third-order valence-electron chi connectivity index (χ3n) is 9.48. The molecule has 0 aliphatic carbocycles. The Hall–Kier alpha value is -4.70. The average Bonchev–Trinajstić information content (AvgIpc) is 3.22. The molecule has 0 aromatic heterocycles. The van der Waals surface area contributed by atoms with E-state index >= 15 is 0 Å². The largest absolute Gasteiger partial charge is 0.478 e. The van der Waals surface area contributed by atoms with Gasteiger partial charge in [0.15, 0.2) is 5.60 Å². The quantitative estimate of drug-likeness (QED) is 0.0710. The zero-order chi connectivity index (χ0) is 41.7. The standard InChI is InChI=1S/C48H66ClN5O4/c1-4-5-6-7-8-9-10-11-12-13-14-15-16-17-18-19-20-21-22-23-45(55)52-38-43(54-36-34-50-35-37-54)39-53-47(57)48(2,3)58-44-30-24-40(25-31-44)32-33-51-46(56)41-26-28-42(49)29-27-41/h5-6,8-9,11-12,14-15,17-18,20-21,24-31,43,50H,4,7,10,13,16,19,22-23,32-39H2,1-3H3,(H,51,56)(H,52,55)(H,53,57)/b6-5-,9-8-,12-11-,15-14-,18-17-,21-20-. The van der Waals surface area contributed by atoms with Crippen LogP contribution in [0.25, 0.3) is 0 Å². The molecular formula is C48H66ClN5O4. The van der Waals surface area contributed by atoms with Crippen molar-refractivity contribution in [1.82, 2.24) is 26.2 Å². The van der Waals surface area contributed by atoms with E-state index in [0.717, 1.165) is 70.3 Å². The van der Waals surface area contributed by atoms with Crippen molar-refractivity contribution in [2.75, 3.05) is 45.8 Å². The Morgan fingerprint density at radius 1 is 0.741 bits per heavy atom. The van der Waals surface area contributed by atoms with Crippen molar-refractivity contribution < 1.29 is 19.1 Å². The number of rotatable bonds is 26. The van der Waals surface area contributed by atoms with Gasteiger partial charge in [-0.15, -0.1) is 0 Å². The van der Waals surface area contributed by atoms with Crippen molar-refractivity contribution in [2.45, 2.75) is 90.2 Å². The van der Waals surface area contributed by atoms with Gasteiger partial charge in [-0.25, -0.2) is 0 Å². The molecule has 1 heterocycles. The number of amides is 3. The first-order chi connectivity index (χ1) is 28.2. The molecule has 1 fully saturated rings. The number of nitrogens with zero attached hydrogens (tertiary/aromatic N) is 1. The van der Waals surface area contributed by atoms with E-state index in [2.05, 4.69) is 106 Å². The van der Waals surface area contributed by atoms with E-state index in [0.29, 0.717) is 55.2 Å². The minimum Gasteiger partial charge on any atom is -0.478 e. The summed E-state index contributed by atoms with van der Waals surface area (Å²) in [6, 6.07) is 14.3. The molecule has 3 amide bonds. The summed E-state index contributed by atoms with van der Waals surface area (Å²) in [5.74, 6) is 0.197. The van der Waals surface area contributed by atoms with Gasteiger partial charge in [-0.1, -0.05) is 104 Å². The van der Waals surface area contributed by atoms with Gasteiger partial charge in [-0.2, -0.15) is 0 Å². The molecule has 10 heteroatoms. The average molecular weight is 813 g/mol. The highest BCUT2D eigenvalue weighted by Gasteiger charge is 2.31. The summed E-state index contributed by atoms with van der Waals surface area (Å²) in [5, 5.41) is 13.1. The van der Waals surface area contributed by atoms with Gasteiger partial charge in [-0.3, -0.25) is 19.3 Å². The summed E-state index contributed by atoms with van der Waals surface area (Å²) in [5.41, 5.74) is 0.472.